The number of H-pyrrole nitrogens is 1. The molecule has 0 aliphatic carbocycles. The fraction of sp³-hybridized carbons (Fsp3) is 0.467. The molecule has 1 aliphatic rings. The first kappa shape index (κ1) is 15.4. The van der Waals surface area contributed by atoms with E-state index in [1.807, 2.05) is 6.92 Å². The summed E-state index contributed by atoms with van der Waals surface area (Å²) >= 11 is 0. The highest BCUT2D eigenvalue weighted by Crippen LogP contribution is 2.21. The Kier molecular flexibility index (Phi) is 3.99. The number of nitrogens with one attached hydrogen (secondary N) is 1. The van der Waals surface area contributed by atoms with E-state index in [4.69, 9.17) is 4.74 Å². The van der Waals surface area contributed by atoms with Gasteiger partial charge in [0.1, 0.15) is 11.9 Å². The van der Waals surface area contributed by atoms with Gasteiger partial charge in [0.2, 0.25) is 0 Å². The number of carbonyl (C=O) groups is 1. The third kappa shape index (κ3) is 3.16. The molecule has 1 unspecified atom stereocenters. The zero-order valence-electron chi connectivity index (χ0n) is 13.4. The number of hydrogen-bond donors (Lipinski definition) is 1. The molecule has 1 aliphatic heterocycles. The predicted molar refractivity (Wildman–Crippen MR) is 82.1 cm³/mol. The molecule has 3 rings (SSSR count). The van der Waals surface area contributed by atoms with Crippen molar-refractivity contribution in [1.82, 2.24) is 24.6 Å². The van der Waals surface area contributed by atoms with Crippen LogP contribution in [0.5, 0.6) is 0 Å². The van der Waals surface area contributed by atoms with Gasteiger partial charge >= 0.3 is 0 Å². The van der Waals surface area contributed by atoms with Gasteiger partial charge in [-0.2, -0.15) is 5.10 Å². The highest BCUT2D eigenvalue weighted by Gasteiger charge is 2.28. The number of aryl methyl sites for hydroxylation is 3. The fourth-order valence-corrected chi connectivity index (χ4v) is 2.76. The van der Waals surface area contributed by atoms with Gasteiger partial charge < -0.3 is 14.6 Å². The Morgan fingerprint density at radius 3 is 2.87 bits per heavy atom. The predicted octanol–water partition coefficient (Wildman–Crippen LogP) is 0.334. The Balaban J connectivity index is 1.82. The van der Waals surface area contributed by atoms with Crippen LogP contribution in [0.2, 0.25) is 0 Å². The van der Waals surface area contributed by atoms with Crippen LogP contribution in [0.25, 0.3) is 0 Å². The molecule has 122 valence electrons. The summed E-state index contributed by atoms with van der Waals surface area (Å²) in [6, 6.07) is 1.42. The minimum Gasteiger partial charge on any atom is -0.368 e. The van der Waals surface area contributed by atoms with E-state index in [1.165, 1.54) is 6.07 Å². The average Bonchev–Trinajstić information content (AvgIpc) is 2.84. The lowest BCUT2D eigenvalue weighted by molar-refractivity contribution is -0.0249. The zero-order chi connectivity index (χ0) is 16.6. The quantitative estimate of drug-likeness (QED) is 0.862. The van der Waals surface area contributed by atoms with Gasteiger partial charge in [-0.1, -0.05) is 0 Å². The van der Waals surface area contributed by atoms with E-state index < -0.39 is 6.10 Å². The maximum Gasteiger partial charge on any atom is 0.257 e. The number of aromatic amines is 1. The molecule has 0 bridgehead atoms. The average molecular weight is 317 g/mol. The molecule has 0 radical (unpaired) electrons. The van der Waals surface area contributed by atoms with Gasteiger partial charge in [-0.15, -0.1) is 0 Å². The van der Waals surface area contributed by atoms with Crippen LogP contribution in [-0.4, -0.2) is 50.3 Å². The number of amides is 1. The summed E-state index contributed by atoms with van der Waals surface area (Å²) in [5.74, 6) is 0.452. The molecule has 8 heteroatoms. The number of rotatable bonds is 2. The van der Waals surface area contributed by atoms with Gasteiger partial charge in [0.05, 0.1) is 30.1 Å². The molecule has 0 spiro atoms. The summed E-state index contributed by atoms with van der Waals surface area (Å²) in [5.41, 5.74) is 1.61. The van der Waals surface area contributed by atoms with E-state index in [0.717, 1.165) is 0 Å². The lowest BCUT2D eigenvalue weighted by Crippen LogP contribution is -2.42. The molecule has 3 heterocycles. The highest BCUT2D eigenvalue weighted by atomic mass is 16.5. The van der Waals surface area contributed by atoms with E-state index in [-0.39, 0.29) is 11.5 Å². The maximum atomic E-state index is 12.7. The van der Waals surface area contributed by atoms with Gasteiger partial charge in [-0.25, -0.2) is 4.98 Å². The summed E-state index contributed by atoms with van der Waals surface area (Å²) in [4.78, 5) is 32.9. The molecular weight excluding hydrogens is 298 g/mol. The van der Waals surface area contributed by atoms with Crippen molar-refractivity contribution >= 4 is 5.91 Å². The van der Waals surface area contributed by atoms with Crippen molar-refractivity contribution in [3.05, 3.63) is 45.4 Å². The van der Waals surface area contributed by atoms with Crippen molar-refractivity contribution in [3.63, 3.8) is 0 Å². The van der Waals surface area contributed by atoms with Crippen LogP contribution in [0.15, 0.2) is 17.1 Å². The lowest BCUT2D eigenvalue weighted by atomic mass is 10.1. The minimum absolute atomic E-state index is 0.0783. The summed E-state index contributed by atoms with van der Waals surface area (Å²) in [5, 5.41) is 4.21. The number of aromatic nitrogens is 4. The van der Waals surface area contributed by atoms with Crippen molar-refractivity contribution < 1.29 is 9.53 Å². The van der Waals surface area contributed by atoms with Gasteiger partial charge in [-0.3, -0.25) is 14.3 Å². The summed E-state index contributed by atoms with van der Waals surface area (Å²) in [6.07, 6.45) is 1.32. The first-order valence-corrected chi connectivity index (χ1v) is 7.43. The normalized spacial score (nSPS) is 18.2. The molecule has 0 saturated carbocycles. The zero-order valence-corrected chi connectivity index (χ0v) is 13.4. The SMILES string of the molecule is Cc1nc(C2CN(C(=O)c3cn(C)nc3C)CCO2)cc(=O)[nH]1. The van der Waals surface area contributed by atoms with E-state index in [9.17, 15) is 9.59 Å². The van der Waals surface area contributed by atoms with Gasteiger partial charge in [0.25, 0.3) is 11.5 Å². The van der Waals surface area contributed by atoms with Crippen LogP contribution in [0, 0.1) is 13.8 Å². The molecule has 1 fully saturated rings. The monoisotopic (exact) mass is 317 g/mol. The summed E-state index contributed by atoms with van der Waals surface area (Å²) < 4.78 is 7.32. The third-order valence-electron chi connectivity index (χ3n) is 3.81. The number of carbonyl (C=O) groups excluding carboxylic acids is 1. The van der Waals surface area contributed by atoms with Crippen LogP contribution < -0.4 is 5.56 Å². The minimum atomic E-state index is -0.398. The Labute approximate surface area is 133 Å². The second kappa shape index (κ2) is 5.96. The van der Waals surface area contributed by atoms with E-state index >= 15 is 0 Å². The molecule has 0 aromatic carbocycles. The molecule has 1 amide bonds. The van der Waals surface area contributed by atoms with Crippen molar-refractivity contribution in [2.24, 2.45) is 7.05 Å². The van der Waals surface area contributed by atoms with Gasteiger partial charge in [-0.05, 0) is 13.8 Å². The molecule has 1 atom stereocenters. The van der Waals surface area contributed by atoms with Crippen molar-refractivity contribution in [1.29, 1.82) is 0 Å². The smallest absolute Gasteiger partial charge is 0.257 e. The van der Waals surface area contributed by atoms with Gasteiger partial charge in [0.15, 0.2) is 0 Å². The van der Waals surface area contributed by atoms with Gasteiger partial charge in [0, 0.05) is 25.9 Å². The maximum absolute atomic E-state index is 12.7. The third-order valence-corrected chi connectivity index (χ3v) is 3.81. The molecule has 2 aromatic rings. The Bertz CT molecular complexity index is 795. The summed E-state index contributed by atoms with van der Waals surface area (Å²) in [6.45, 7) is 4.81. The van der Waals surface area contributed by atoms with E-state index in [1.54, 1.807) is 29.7 Å². The topological polar surface area (TPSA) is 93.1 Å². The Morgan fingerprint density at radius 1 is 1.43 bits per heavy atom. The largest absolute Gasteiger partial charge is 0.368 e. The first-order chi connectivity index (χ1) is 10.9. The van der Waals surface area contributed by atoms with Crippen molar-refractivity contribution in [3.8, 4) is 0 Å². The molecule has 2 aromatic heterocycles. The second-order valence-corrected chi connectivity index (χ2v) is 5.67. The van der Waals surface area contributed by atoms with E-state index in [2.05, 4.69) is 15.1 Å². The molecule has 1 saturated heterocycles. The van der Waals surface area contributed by atoms with Crippen LogP contribution in [0.3, 0.4) is 0 Å². The van der Waals surface area contributed by atoms with Crippen LogP contribution in [0.4, 0.5) is 0 Å². The number of ether oxygens (including phenoxy) is 1. The molecule has 1 N–H and O–H groups in total. The molecular formula is C15H19N5O3. The first-order valence-electron chi connectivity index (χ1n) is 7.43. The highest BCUT2D eigenvalue weighted by molar-refractivity contribution is 5.95. The van der Waals surface area contributed by atoms with Crippen molar-refractivity contribution in [2.45, 2.75) is 20.0 Å². The van der Waals surface area contributed by atoms with Crippen LogP contribution in [0.1, 0.15) is 33.7 Å². The molecule has 23 heavy (non-hydrogen) atoms. The summed E-state index contributed by atoms with van der Waals surface area (Å²) in [7, 11) is 1.79. The Morgan fingerprint density at radius 2 is 2.22 bits per heavy atom. The standard InChI is InChI=1S/C15H19N5O3/c1-9-11(7-19(3)18-9)15(22)20-4-5-23-13(8-20)12-6-14(21)17-10(2)16-12/h6-7,13H,4-5,8H2,1-3H3,(H,16,17,21). The second-order valence-electron chi connectivity index (χ2n) is 5.67. The Hall–Kier alpha value is -2.48. The number of morpholine rings is 1. The number of hydrogen-bond acceptors (Lipinski definition) is 5. The van der Waals surface area contributed by atoms with Crippen LogP contribution >= 0.6 is 0 Å². The van der Waals surface area contributed by atoms with Crippen LogP contribution in [-0.2, 0) is 11.8 Å². The lowest BCUT2D eigenvalue weighted by Gasteiger charge is -2.32. The van der Waals surface area contributed by atoms with E-state index in [0.29, 0.717) is 42.5 Å². The number of nitrogens with zero attached hydrogens (tertiary/aromatic N) is 4. The fourth-order valence-electron chi connectivity index (χ4n) is 2.76. The molecule has 8 nitrogen and oxygen atoms in total. The van der Waals surface area contributed by atoms with Crippen molar-refractivity contribution in [2.75, 3.05) is 19.7 Å².